The SMILES string of the molecule is CC(C)c1nc(NCCn2cnc(C(=O)O)c2)cc(=O)[nH]1. The van der Waals surface area contributed by atoms with Gasteiger partial charge in [-0.05, 0) is 0 Å². The quantitative estimate of drug-likeness (QED) is 0.728. The molecule has 8 nitrogen and oxygen atoms in total. The molecule has 0 unspecified atom stereocenters. The number of carboxylic acid groups (broad SMARTS) is 1. The van der Waals surface area contributed by atoms with Crippen molar-refractivity contribution >= 4 is 11.8 Å². The number of nitrogens with one attached hydrogen (secondary N) is 2. The lowest BCUT2D eigenvalue weighted by Gasteiger charge is -2.09. The molecule has 3 N–H and O–H groups in total. The number of carbonyl (C=O) groups is 1. The molecule has 2 aromatic rings. The van der Waals surface area contributed by atoms with Gasteiger partial charge in [0.15, 0.2) is 5.69 Å². The van der Waals surface area contributed by atoms with Gasteiger partial charge in [0.1, 0.15) is 11.6 Å². The fourth-order valence-corrected chi connectivity index (χ4v) is 1.75. The average molecular weight is 291 g/mol. The van der Waals surface area contributed by atoms with Gasteiger partial charge in [-0.25, -0.2) is 14.8 Å². The van der Waals surface area contributed by atoms with E-state index in [0.29, 0.717) is 24.7 Å². The molecule has 112 valence electrons. The summed E-state index contributed by atoms with van der Waals surface area (Å²) in [6.07, 6.45) is 2.91. The van der Waals surface area contributed by atoms with Crippen LogP contribution in [0.5, 0.6) is 0 Å². The predicted octanol–water partition coefficient (Wildman–Crippen LogP) is 0.900. The summed E-state index contributed by atoms with van der Waals surface area (Å²) >= 11 is 0. The number of imidazole rings is 1. The maximum Gasteiger partial charge on any atom is 0.356 e. The molecule has 0 fully saturated rings. The van der Waals surface area contributed by atoms with Crippen LogP contribution in [0.4, 0.5) is 5.82 Å². The summed E-state index contributed by atoms with van der Waals surface area (Å²) < 4.78 is 1.66. The zero-order valence-corrected chi connectivity index (χ0v) is 11.8. The highest BCUT2D eigenvalue weighted by Crippen LogP contribution is 2.08. The largest absolute Gasteiger partial charge is 0.476 e. The van der Waals surface area contributed by atoms with E-state index in [1.165, 1.54) is 18.6 Å². The molecule has 0 aliphatic heterocycles. The molecule has 0 bridgehead atoms. The van der Waals surface area contributed by atoms with Crippen molar-refractivity contribution in [1.82, 2.24) is 19.5 Å². The monoisotopic (exact) mass is 291 g/mol. The minimum atomic E-state index is -1.06. The maximum absolute atomic E-state index is 11.5. The molecular formula is C13H17N5O3. The Hall–Kier alpha value is -2.64. The zero-order chi connectivity index (χ0) is 15.4. The Bertz CT molecular complexity index is 689. The number of rotatable bonds is 6. The standard InChI is InChI=1S/C13H17N5O3/c1-8(2)12-16-10(5-11(19)17-12)14-3-4-18-6-9(13(20)21)15-7-18/h5-8H,3-4H2,1-2H3,(H,20,21)(H2,14,16,17,19). The van der Waals surface area contributed by atoms with E-state index in [4.69, 9.17) is 5.11 Å². The molecule has 2 aromatic heterocycles. The fourth-order valence-electron chi connectivity index (χ4n) is 1.75. The molecule has 2 heterocycles. The van der Waals surface area contributed by atoms with Crippen LogP contribution >= 0.6 is 0 Å². The Balaban J connectivity index is 1.96. The van der Waals surface area contributed by atoms with Crippen molar-refractivity contribution in [2.75, 3.05) is 11.9 Å². The van der Waals surface area contributed by atoms with E-state index >= 15 is 0 Å². The average Bonchev–Trinajstić information content (AvgIpc) is 2.87. The van der Waals surface area contributed by atoms with Crippen molar-refractivity contribution in [2.45, 2.75) is 26.3 Å². The van der Waals surface area contributed by atoms with Gasteiger partial charge in [-0.15, -0.1) is 0 Å². The highest BCUT2D eigenvalue weighted by atomic mass is 16.4. The van der Waals surface area contributed by atoms with Gasteiger partial charge in [0.2, 0.25) is 0 Å². The van der Waals surface area contributed by atoms with Crippen LogP contribution in [0.25, 0.3) is 0 Å². The molecular weight excluding hydrogens is 274 g/mol. The van der Waals surface area contributed by atoms with Crippen molar-refractivity contribution in [3.8, 4) is 0 Å². The Labute approximate surface area is 120 Å². The minimum absolute atomic E-state index is 0.00590. The van der Waals surface area contributed by atoms with E-state index in [-0.39, 0.29) is 17.2 Å². The normalized spacial score (nSPS) is 10.8. The molecule has 0 saturated carbocycles. The smallest absolute Gasteiger partial charge is 0.356 e. The predicted molar refractivity (Wildman–Crippen MR) is 76.6 cm³/mol. The molecule has 2 rings (SSSR count). The van der Waals surface area contributed by atoms with Crippen LogP contribution in [0.15, 0.2) is 23.4 Å². The fraction of sp³-hybridized carbons (Fsp3) is 0.385. The van der Waals surface area contributed by atoms with Crippen LogP contribution in [-0.2, 0) is 6.54 Å². The van der Waals surface area contributed by atoms with Crippen LogP contribution in [0.2, 0.25) is 0 Å². The van der Waals surface area contributed by atoms with Crippen LogP contribution in [0, 0.1) is 0 Å². The number of aromatic nitrogens is 4. The second kappa shape index (κ2) is 6.21. The van der Waals surface area contributed by atoms with Gasteiger partial charge in [0.25, 0.3) is 5.56 Å². The van der Waals surface area contributed by atoms with Gasteiger partial charge in [-0.2, -0.15) is 0 Å². The van der Waals surface area contributed by atoms with E-state index in [0.717, 1.165) is 0 Å². The second-order valence-corrected chi connectivity index (χ2v) is 4.90. The third-order valence-corrected chi connectivity index (χ3v) is 2.84. The first-order valence-corrected chi connectivity index (χ1v) is 6.56. The van der Waals surface area contributed by atoms with Gasteiger partial charge < -0.3 is 20.0 Å². The molecule has 0 aliphatic carbocycles. The van der Waals surface area contributed by atoms with Gasteiger partial charge in [-0.1, -0.05) is 13.8 Å². The summed E-state index contributed by atoms with van der Waals surface area (Å²) in [5.41, 5.74) is -0.196. The Kier molecular flexibility index (Phi) is 4.36. The van der Waals surface area contributed by atoms with Gasteiger partial charge in [-0.3, -0.25) is 4.79 Å². The number of hydrogen-bond donors (Lipinski definition) is 3. The Morgan fingerprint density at radius 1 is 1.52 bits per heavy atom. The maximum atomic E-state index is 11.5. The van der Waals surface area contributed by atoms with Gasteiger partial charge in [0, 0.05) is 31.3 Å². The number of carboxylic acids is 1. The molecule has 8 heteroatoms. The first kappa shape index (κ1) is 14.8. The molecule has 0 radical (unpaired) electrons. The number of nitrogens with zero attached hydrogens (tertiary/aromatic N) is 3. The molecule has 21 heavy (non-hydrogen) atoms. The summed E-state index contributed by atoms with van der Waals surface area (Å²) in [5.74, 6) is 0.201. The van der Waals surface area contributed by atoms with Crippen LogP contribution < -0.4 is 10.9 Å². The van der Waals surface area contributed by atoms with Crippen LogP contribution in [0.1, 0.15) is 36.1 Å². The van der Waals surface area contributed by atoms with Gasteiger partial charge >= 0.3 is 5.97 Å². The number of hydrogen-bond acceptors (Lipinski definition) is 5. The van der Waals surface area contributed by atoms with Crippen LogP contribution in [0.3, 0.4) is 0 Å². The van der Waals surface area contributed by atoms with Crippen molar-refractivity contribution in [2.24, 2.45) is 0 Å². The van der Waals surface area contributed by atoms with E-state index in [1.807, 2.05) is 13.8 Å². The van der Waals surface area contributed by atoms with E-state index < -0.39 is 5.97 Å². The van der Waals surface area contributed by atoms with Crippen molar-refractivity contribution in [1.29, 1.82) is 0 Å². The van der Waals surface area contributed by atoms with E-state index in [9.17, 15) is 9.59 Å². The number of aromatic carboxylic acids is 1. The third-order valence-electron chi connectivity index (χ3n) is 2.84. The number of H-pyrrole nitrogens is 1. The molecule has 0 aliphatic rings. The van der Waals surface area contributed by atoms with Crippen molar-refractivity contribution in [3.05, 3.63) is 40.5 Å². The molecule has 0 aromatic carbocycles. The van der Waals surface area contributed by atoms with E-state index in [1.54, 1.807) is 4.57 Å². The molecule has 0 saturated heterocycles. The summed E-state index contributed by atoms with van der Waals surface area (Å²) in [6.45, 7) is 4.91. The Morgan fingerprint density at radius 2 is 2.29 bits per heavy atom. The zero-order valence-electron chi connectivity index (χ0n) is 11.8. The summed E-state index contributed by atoms with van der Waals surface area (Å²) in [6, 6.07) is 1.39. The van der Waals surface area contributed by atoms with Crippen LogP contribution in [-0.4, -0.2) is 37.1 Å². The summed E-state index contributed by atoms with van der Waals surface area (Å²) in [4.78, 5) is 33.0. The first-order valence-electron chi connectivity index (χ1n) is 6.56. The minimum Gasteiger partial charge on any atom is -0.476 e. The lowest BCUT2D eigenvalue weighted by molar-refractivity contribution is 0.0691. The molecule has 0 spiro atoms. The first-order chi connectivity index (χ1) is 9.95. The second-order valence-electron chi connectivity index (χ2n) is 4.90. The Morgan fingerprint density at radius 3 is 2.90 bits per heavy atom. The van der Waals surface area contributed by atoms with Gasteiger partial charge in [0.05, 0.1) is 6.33 Å². The van der Waals surface area contributed by atoms with Crippen molar-refractivity contribution in [3.63, 3.8) is 0 Å². The number of aromatic amines is 1. The molecule has 0 atom stereocenters. The highest BCUT2D eigenvalue weighted by molar-refractivity contribution is 5.84. The summed E-state index contributed by atoms with van der Waals surface area (Å²) in [5, 5.41) is 11.8. The van der Waals surface area contributed by atoms with E-state index in [2.05, 4.69) is 20.3 Å². The summed E-state index contributed by atoms with van der Waals surface area (Å²) in [7, 11) is 0. The lowest BCUT2D eigenvalue weighted by Crippen LogP contribution is -2.16. The molecule has 0 amide bonds. The topological polar surface area (TPSA) is 113 Å². The highest BCUT2D eigenvalue weighted by Gasteiger charge is 2.07. The third kappa shape index (κ3) is 3.91. The lowest BCUT2D eigenvalue weighted by atomic mass is 10.2. The van der Waals surface area contributed by atoms with Crippen molar-refractivity contribution < 1.29 is 9.90 Å². The number of anilines is 1.